The molecule has 7 nitrogen and oxygen atoms in total. The minimum atomic E-state index is -1.24. The average Bonchev–Trinajstić information content (AvgIpc) is 3.22. The highest BCUT2D eigenvalue weighted by Crippen LogP contribution is 2.38. The Morgan fingerprint density at radius 2 is 0.800 bits per heavy atom. The number of nitrogens with zero attached hydrogens (tertiary/aromatic N) is 3. The Balaban J connectivity index is 1.22. The van der Waals surface area contributed by atoms with E-state index in [1.165, 1.54) is 49.8 Å². The van der Waals surface area contributed by atoms with Crippen LogP contribution >= 0.6 is 0 Å². The normalized spacial score (nSPS) is 13.7. The molecule has 5 aromatic carbocycles. The monoisotopic (exact) mass is 721 g/mol. The van der Waals surface area contributed by atoms with Crippen LogP contribution in [0.2, 0.25) is 0 Å². The summed E-state index contributed by atoms with van der Waals surface area (Å²) in [5.74, 6) is -1.86. The zero-order chi connectivity index (χ0) is 38.6. The minimum Gasteiger partial charge on any atom is -0.486 e. The van der Waals surface area contributed by atoms with Gasteiger partial charge in [-0.05, 0) is 106 Å². The molecule has 1 aliphatic rings. The largest absolute Gasteiger partial charge is 0.486 e. The summed E-state index contributed by atoms with van der Waals surface area (Å²) in [4.78, 5) is 30.7. The van der Waals surface area contributed by atoms with Crippen LogP contribution < -0.4 is 4.90 Å². The molecule has 1 aliphatic carbocycles. The van der Waals surface area contributed by atoms with E-state index in [2.05, 4.69) is 87.4 Å². The molecule has 0 amide bonds. The average molecular weight is 722 g/mol. The molecule has 0 aromatic heterocycles. The highest BCUT2D eigenvalue weighted by Gasteiger charge is 2.17. The van der Waals surface area contributed by atoms with Gasteiger partial charge < -0.3 is 15.1 Å². The Kier molecular flexibility index (Phi) is 12.3. The van der Waals surface area contributed by atoms with Gasteiger partial charge in [0, 0.05) is 17.1 Å². The van der Waals surface area contributed by atoms with E-state index >= 15 is 0 Å². The summed E-state index contributed by atoms with van der Waals surface area (Å²) in [7, 11) is 0. The van der Waals surface area contributed by atoms with Crippen LogP contribution in [-0.2, 0) is 9.59 Å². The number of hydrogen-bond acceptors (Lipinski definition) is 3. The fraction of sp³-hybridized carbons (Fsp3) is 0.125. The van der Waals surface area contributed by atoms with Gasteiger partial charge in [-0.2, -0.15) is 0 Å². The Labute approximate surface area is 321 Å². The van der Waals surface area contributed by atoms with E-state index in [0.29, 0.717) is 17.0 Å². The molecule has 5 aromatic rings. The van der Waals surface area contributed by atoms with Crippen LogP contribution in [0.1, 0.15) is 77.0 Å². The van der Waals surface area contributed by atoms with Gasteiger partial charge in [0.1, 0.15) is 0 Å². The Morgan fingerprint density at radius 3 is 1.13 bits per heavy atom. The van der Waals surface area contributed by atoms with Gasteiger partial charge in [0.25, 0.3) is 11.4 Å². The Hall–Kier alpha value is -7.22. The zero-order valence-corrected chi connectivity index (χ0v) is 30.2. The van der Waals surface area contributed by atoms with Crippen molar-refractivity contribution in [1.82, 2.24) is 0 Å². The SMILES string of the molecule is [C-]#[N+]/C(=C\c1ccc(/C=C/c2ccc(N(c3ccc(/C=C/c4ccc(/C=C(\[N+]#[C-])C(=O)O)cc4)cc3)c3ccc(C4CCCCC4)cc3)cc2)cc1)C(=O)O. The van der Waals surface area contributed by atoms with Gasteiger partial charge in [0.2, 0.25) is 0 Å². The molecule has 0 bridgehead atoms. The van der Waals surface area contributed by atoms with Crippen molar-refractivity contribution in [2.45, 2.75) is 38.0 Å². The Bertz CT molecular complexity index is 2190. The third-order valence-corrected chi connectivity index (χ3v) is 9.63. The van der Waals surface area contributed by atoms with Crippen LogP contribution in [-0.4, -0.2) is 22.2 Å². The predicted octanol–water partition coefficient (Wildman–Crippen LogP) is 12.2. The summed E-state index contributed by atoms with van der Waals surface area (Å²) in [5.41, 5.74) is 9.15. The molecule has 2 N–H and O–H groups in total. The highest BCUT2D eigenvalue weighted by atomic mass is 16.4. The first kappa shape index (κ1) is 37.5. The van der Waals surface area contributed by atoms with Crippen molar-refractivity contribution < 1.29 is 19.8 Å². The lowest BCUT2D eigenvalue weighted by Gasteiger charge is -2.27. The molecule has 55 heavy (non-hydrogen) atoms. The number of hydrogen-bond donors (Lipinski definition) is 2. The van der Waals surface area contributed by atoms with E-state index in [9.17, 15) is 9.59 Å². The van der Waals surface area contributed by atoms with E-state index < -0.39 is 11.9 Å². The van der Waals surface area contributed by atoms with Gasteiger partial charge in [-0.15, -0.1) is 0 Å². The zero-order valence-electron chi connectivity index (χ0n) is 30.2. The van der Waals surface area contributed by atoms with E-state index in [1.54, 1.807) is 24.3 Å². The molecule has 0 unspecified atom stereocenters. The first-order valence-electron chi connectivity index (χ1n) is 18.1. The number of anilines is 3. The van der Waals surface area contributed by atoms with Crippen LogP contribution in [0.4, 0.5) is 17.1 Å². The first-order valence-corrected chi connectivity index (χ1v) is 18.1. The molecule has 7 heteroatoms. The molecule has 6 rings (SSSR count). The number of benzene rings is 5. The van der Waals surface area contributed by atoms with Crippen molar-refractivity contribution in [2.75, 3.05) is 4.90 Å². The van der Waals surface area contributed by atoms with Crippen molar-refractivity contribution in [3.05, 3.63) is 194 Å². The molecule has 0 heterocycles. The lowest BCUT2D eigenvalue weighted by atomic mass is 9.84. The molecule has 1 saturated carbocycles. The second-order valence-corrected chi connectivity index (χ2v) is 13.3. The van der Waals surface area contributed by atoms with Crippen molar-refractivity contribution in [3.8, 4) is 0 Å². The molecule has 270 valence electrons. The Morgan fingerprint density at radius 1 is 0.491 bits per heavy atom. The lowest BCUT2D eigenvalue weighted by molar-refractivity contribution is -0.133. The maximum absolute atomic E-state index is 11.2. The van der Waals surface area contributed by atoms with E-state index in [4.69, 9.17) is 23.4 Å². The van der Waals surface area contributed by atoms with Crippen LogP contribution in [0.25, 0.3) is 46.1 Å². The van der Waals surface area contributed by atoms with E-state index in [0.717, 1.165) is 39.3 Å². The number of aliphatic carboxylic acids is 2. The lowest BCUT2D eigenvalue weighted by Crippen LogP contribution is -2.10. The number of carboxylic acid groups (broad SMARTS) is 2. The maximum Gasteiger partial charge on any atom is 0.333 e. The molecule has 0 spiro atoms. The van der Waals surface area contributed by atoms with Crippen LogP contribution in [0.3, 0.4) is 0 Å². The molecule has 1 fully saturated rings. The summed E-state index contributed by atoms with van der Waals surface area (Å²) in [5, 5.41) is 18.3. The predicted molar refractivity (Wildman–Crippen MR) is 222 cm³/mol. The van der Waals surface area contributed by atoms with Gasteiger partial charge in [0.05, 0.1) is 13.1 Å². The van der Waals surface area contributed by atoms with Gasteiger partial charge in [-0.1, -0.05) is 128 Å². The first-order chi connectivity index (χ1) is 26.8. The topological polar surface area (TPSA) is 86.6 Å². The van der Waals surface area contributed by atoms with Gasteiger partial charge >= 0.3 is 11.9 Å². The third kappa shape index (κ3) is 10.0. The van der Waals surface area contributed by atoms with Crippen LogP contribution in [0, 0.1) is 13.1 Å². The third-order valence-electron chi connectivity index (χ3n) is 9.63. The fourth-order valence-corrected chi connectivity index (χ4v) is 6.64. The van der Waals surface area contributed by atoms with Crippen LogP contribution in [0.5, 0.6) is 0 Å². The summed E-state index contributed by atoms with van der Waals surface area (Å²) < 4.78 is 0. The standard InChI is InChI=1S/C48H39N3O4/c1-49-45(47(52)53)32-38-16-12-34(13-17-38)8-10-36-20-26-42(27-21-36)51(44-30-24-41(25-31-44)40-6-4-3-5-7-40)43-28-22-37(23-29-43)11-9-35-14-18-39(19-15-35)33-46(50-2)48(54)55/h8-33,40H,3-7H2,(H,52,53)(H,54,55)/b10-8+,11-9+,45-32-,46-33-. The second-order valence-electron chi connectivity index (χ2n) is 13.3. The quantitative estimate of drug-likeness (QED) is 0.0761. The molecular formula is C48H39N3O4. The summed E-state index contributed by atoms with van der Waals surface area (Å²) in [6, 6.07) is 40.6. The smallest absolute Gasteiger partial charge is 0.333 e. The van der Waals surface area contributed by atoms with E-state index in [1.807, 2.05) is 48.6 Å². The minimum absolute atomic E-state index is 0.322. The van der Waals surface area contributed by atoms with E-state index in [-0.39, 0.29) is 11.4 Å². The fourth-order valence-electron chi connectivity index (χ4n) is 6.64. The van der Waals surface area contributed by atoms with Gasteiger partial charge in [-0.3, -0.25) is 9.59 Å². The highest BCUT2D eigenvalue weighted by molar-refractivity contribution is 5.94. The summed E-state index contributed by atoms with van der Waals surface area (Å²) >= 11 is 0. The van der Waals surface area contributed by atoms with Crippen molar-refractivity contribution in [3.63, 3.8) is 0 Å². The molecule has 0 aliphatic heterocycles. The molecule has 0 radical (unpaired) electrons. The second kappa shape index (κ2) is 18.0. The van der Waals surface area contributed by atoms with Crippen molar-refractivity contribution in [1.29, 1.82) is 0 Å². The number of carbonyl (C=O) groups is 2. The summed E-state index contributed by atoms with van der Waals surface area (Å²) in [6.45, 7) is 14.1. The molecular weight excluding hydrogens is 683 g/mol. The van der Waals surface area contributed by atoms with Crippen LogP contribution in [0.15, 0.2) is 133 Å². The van der Waals surface area contributed by atoms with Crippen molar-refractivity contribution in [2.24, 2.45) is 0 Å². The number of rotatable bonds is 12. The van der Waals surface area contributed by atoms with Crippen molar-refractivity contribution >= 4 is 65.5 Å². The van der Waals surface area contributed by atoms with Gasteiger partial charge in [0.15, 0.2) is 0 Å². The van der Waals surface area contributed by atoms with Gasteiger partial charge in [-0.25, -0.2) is 9.69 Å². The maximum atomic E-state index is 11.2. The molecule has 0 atom stereocenters. The number of carboxylic acids is 2. The summed E-state index contributed by atoms with van der Waals surface area (Å²) in [6.07, 6.45) is 17.2. The molecule has 0 saturated heterocycles.